The van der Waals surface area contributed by atoms with E-state index >= 15 is 0 Å². The minimum Gasteiger partial charge on any atom is -0.325 e. The van der Waals surface area contributed by atoms with Crippen molar-refractivity contribution >= 4 is 16.8 Å². The SMILES string of the molecule is Cc1[nH]c(=O)c(C#N)c(C)c1CCC(=O)Nn1cnc2ccccc2c1=O. The van der Waals surface area contributed by atoms with Crippen molar-refractivity contribution in [2.45, 2.75) is 26.7 Å². The number of carbonyl (C=O) groups is 1. The van der Waals surface area contributed by atoms with Crippen molar-refractivity contribution < 1.29 is 4.79 Å². The molecule has 136 valence electrons. The predicted octanol–water partition coefficient (Wildman–Crippen LogP) is 1.28. The molecule has 2 N–H and O–H groups in total. The lowest BCUT2D eigenvalue weighted by molar-refractivity contribution is -0.117. The number of para-hydroxylation sites is 1. The molecule has 8 nitrogen and oxygen atoms in total. The number of aromatic amines is 1. The summed E-state index contributed by atoms with van der Waals surface area (Å²) in [6, 6.07) is 8.76. The van der Waals surface area contributed by atoms with Crippen LogP contribution in [0.1, 0.15) is 28.8 Å². The van der Waals surface area contributed by atoms with Crippen LogP contribution in [0.5, 0.6) is 0 Å². The van der Waals surface area contributed by atoms with Crippen molar-refractivity contribution in [2.75, 3.05) is 5.43 Å². The molecule has 8 heteroatoms. The number of nitrogens with zero attached hydrogens (tertiary/aromatic N) is 3. The third-order valence-corrected chi connectivity index (χ3v) is 4.43. The van der Waals surface area contributed by atoms with Crippen LogP contribution in [-0.4, -0.2) is 20.6 Å². The highest BCUT2D eigenvalue weighted by molar-refractivity contribution is 5.84. The van der Waals surface area contributed by atoms with Gasteiger partial charge in [0, 0.05) is 12.1 Å². The maximum Gasteiger partial charge on any atom is 0.280 e. The van der Waals surface area contributed by atoms with E-state index in [0.29, 0.717) is 28.6 Å². The molecule has 0 radical (unpaired) electrons. The maximum atomic E-state index is 12.4. The number of nitriles is 1. The number of carbonyl (C=O) groups excluding carboxylic acids is 1. The largest absolute Gasteiger partial charge is 0.325 e. The smallest absolute Gasteiger partial charge is 0.280 e. The molecule has 3 rings (SSSR count). The minimum atomic E-state index is -0.436. The molecule has 2 aromatic heterocycles. The Morgan fingerprint density at radius 3 is 2.78 bits per heavy atom. The van der Waals surface area contributed by atoms with E-state index in [2.05, 4.69) is 15.4 Å². The molecule has 1 amide bonds. The Hall–Kier alpha value is -3.73. The number of fused-ring (bicyclic) bond motifs is 1. The van der Waals surface area contributed by atoms with Crippen molar-refractivity contribution in [3.63, 3.8) is 0 Å². The molecule has 0 atom stereocenters. The molecule has 3 aromatic rings. The van der Waals surface area contributed by atoms with Gasteiger partial charge in [-0.15, -0.1) is 0 Å². The number of aryl methyl sites for hydroxylation is 1. The Bertz CT molecular complexity index is 1200. The number of H-pyrrole nitrogens is 1. The van der Waals surface area contributed by atoms with Gasteiger partial charge in [-0.2, -0.15) is 5.26 Å². The van der Waals surface area contributed by atoms with Gasteiger partial charge >= 0.3 is 0 Å². The van der Waals surface area contributed by atoms with E-state index in [1.807, 2.05) is 6.07 Å². The Morgan fingerprint density at radius 1 is 1.30 bits per heavy atom. The van der Waals surface area contributed by atoms with Crippen LogP contribution in [0.25, 0.3) is 10.9 Å². The molecule has 0 fully saturated rings. The minimum absolute atomic E-state index is 0.0472. The summed E-state index contributed by atoms with van der Waals surface area (Å²) in [5, 5.41) is 9.52. The van der Waals surface area contributed by atoms with Crippen LogP contribution in [0.15, 0.2) is 40.2 Å². The number of amides is 1. The third-order valence-electron chi connectivity index (χ3n) is 4.43. The Balaban J connectivity index is 1.79. The second-order valence-electron chi connectivity index (χ2n) is 6.14. The van der Waals surface area contributed by atoms with E-state index in [-0.39, 0.29) is 23.5 Å². The second kappa shape index (κ2) is 7.25. The first-order chi connectivity index (χ1) is 12.9. The highest BCUT2D eigenvalue weighted by Gasteiger charge is 2.14. The fourth-order valence-corrected chi connectivity index (χ4v) is 3.00. The monoisotopic (exact) mass is 363 g/mol. The highest BCUT2D eigenvalue weighted by atomic mass is 16.2. The Kier molecular flexibility index (Phi) is 4.86. The van der Waals surface area contributed by atoms with Crippen molar-refractivity contribution in [1.82, 2.24) is 14.6 Å². The fraction of sp³-hybridized carbons (Fsp3) is 0.211. The summed E-state index contributed by atoms with van der Waals surface area (Å²) in [7, 11) is 0. The number of benzene rings is 1. The van der Waals surface area contributed by atoms with Crippen LogP contribution in [-0.2, 0) is 11.2 Å². The second-order valence-corrected chi connectivity index (χ2v) is 6.14. The summed E-state index contributed by atoms with van der Waals surface area (Å²) < 4.78 is 1.05. The molecule has 1 aromatic carbocycles. The molecule has 0 aliphatic heterocycles. The van der Waals surface area contributed by atoms with Crippen molar-refractivity contribution in [3.05, 3.63) is 73.7 Å². The molecule has 0 saturated carbocycles. The first-order valence-corrected chi connectivity index (χ1v) is 8.31. The van der Waals surface area contributed by atoms with Gasteiger partial charge in [0.05, 0.1) is 10.9 Å². The zero-order valence-corrected chi connectivity index (χ0v) is 14.9. The summed E-state index contributed by atoms with van der Waals surface area (Å²) in [4.78, 5) is 43.2. The van der Waals surface area contributed by atoms with Crippen LogP contribution in [0.3, 0.4) is 0 Å². The average molecular weight is 363 g/mol. The van der Waals surface area contributed by atoms with Crippen LogP contribution in [0, 0.1) is 25.2 Å². The van der Waals surface area contributed by atoms with Gasteiger partial charge in [0.25, 0.3) is 11.1 Å². The summed E-state index contributed by atoms with van der Waals surface area (Å²) in [6.07, 6.45) is 1.68. The summed E-state index contributed by atoms with van der Waals surface area (Å²) >= 11 is 0. The van der Waals surface area contributed by atoms with Crippen molar-refractivity contribution in [1.29, 1.82) is 5.26 Å². The standard InChI is InChI=1S/C19H17N5O3/c1-11-13(12(2)22-18(26)15(11)9-20)7-8-17(25)23-24-10-21-16-6-4-3-5-14(16)19(24)27/h3-6,10H,7-8H2,1-2H3,(H,22,26)(H,23,25). The van der Waals surface area contributed by atoms with E-state index in [1.165, 1.54) is 6.33 Å². The van der Waals surface area contributed by atoms with Gasteiger partial charge in [-0.05, 0) is 43.5 Å². The lowest BCUT2D eigenvalue weighted by Crippen LogP contribution is -2.33. The van der Waals surface area contributed by atoms with E-state index < -0.39 is 5.56 Å². The molecule has 2 heterocycles. The third kappa shape index (κ3) is 3.48. The number of nitrogens with one attached hydrogen (secondary N) is 2. The van der Waals surface area contributed by atoms with E-state index in [9.17, 15) is 14.4 Å². The normalized spacial score (nSPS) is 10.6. The quantitative estimate of drug-likeness (QED) is 0.723. The number of hydrogen-bond acceptors (Lipinski definition) is 5. The number of pyridine rings is 1. The molecule has 0 aliphatic carbocycles. The van der Waals surface area contributed by atoms with Gasteiger partial charge in [-0.25, -0.2) is 9.66 Å². The van der Waals surface area contributed by atoms with Crippen molar-refractivity contribution in [2.24, 2.45) is 0 Å². The van der Waals surface area contributed by atoms with Crippen LogP contribution in [0.2, 0.25) is 0 Å². The van der Waals surface area contributed by atoms with Gasteiger partial charge in [0.2, 0.25) is 5.91 Å². The summed E-state index contributed by atoms with van der Waals surface area (Å²) in [5.74, 6) is -0.377. The molecule has 0 aliphatic rings. The average Bonchev–Trinajstić information content (AvgIpc) is 2.64. The van der Waals surface area contributed by atoms with Crippen LogP contribution < -0.4 is 16.5 Å². The Morgan fingerprint density at radius 2 is 2.04 bits per heavy atom. The zero-order chi connectivity index (χ0) is 19.6. The number of hydrogen-bond donors (Lipinski definition) is 2. The lowest BCUT2D eigenvalue weighted by Gasteiger charge is -2.12. The summed E-state index contributed by atoms with van der Waals surface area (Å²) in [5.41, 5.74) is 4.24. The van der Waals surface area contributed by atoms with Gasteiger partial charge < -0.3 is 4.98 Å². The number of aromatic nitrogens is 3. The van der Waals surface area contributed by atoms with Crippen LogP contribution >= 0.6 is 0 Å². The summed E-state index contributed by atoms with van der Waals surface area (Å²) in [6.45, 7) is 3.41. The maximum absolute atomic E-state index is 12.4. The van der Waals surface area contributed by atoms with Crippen LogP contribution in [0.4, 0.5) is 0 Å². The van der Waals surface area contributed by atoms with E-state index in [1.54, 1.807) is 38.1 Å². The molecular formula is C19H17N5O3. The van der Waals surface area contributed by atoms with Gasteiger partial charge in [-0.3, -0.25) is 19.8 Å². The molecule has 0 spiro atoms. The molecule has 0 bridgehead atoms. The van der Waals surface area contributed by atoms with Crippen molar-refractivity contribution in [3.8, 4) is 6.07 Å². The zero-order valence-electron chi connectivity index (χ0n) is 14.9. The molecule has 0 unspecified atom stereocenters. The molecular weight excluding hydrogens is 346 g/mol. The van der Waals surface area contributed by atoms with Gasteiger partial charge in [0.15, 0.2) is 0 Å². The number of rotatable bonds is 4. The highest BCUT2D eigenvalue weighted by Crippen LogP contribution is 2.15. The van der Waals surface area contributed by atoms with Gasteiger partial charge in [0.1, 0.15) is 18.0 Å². The first kappa shape index (κ1) is 18.1. The van der Waals surface area contributed by atoms with E-state index in [4.69, 9.17) is 5.26 Å². The Labute approximate surface area is 154 Å². The predicted molar refractivity (Wildman–Crippen MR) is 99.9 cm³/mol. The molecule has 27 heavy (non-hydrogen) atoms. The molecule has 0 saturated heterocycles. The van der Waals surface area contributed by atoms with Gasteiger partial charge in [-0.1, -0.05) is 12.1 Å². The fourth-order valence-electron chi connectivity index (χ4n) is 3.00. The van der Waals surface area contributed by atoms with E-state index in [0.717, 1.165) is 10.2 Å². The topological polar surface area (TPSA) is 121 Å². The lowest BCUT2D eigenvalue weighted by atomic mass is 9.99. The first-order valence-electron chi connectivity index (χ1n) is 8.31.